The molecule has 1 N–H and O–H groups in total. The number of nitrogens with one attached hydrogen (secondary N) is 1. The number of hydrogen-bond acceptors (Lipinski definition) is 6. The van der Waals surface area contributed by atoms with Crippen LogP contribution in [0.2, 0.25) is 0 Å². The summed E-state index contributed by atoms with van der Waals surface area (Å²) in [6.07, 6.45) is 0. The van der Waals surface area contributed by atoms with Gasteiger partial charge in [-0.05, 0) is 19.1 Å². The molecule has 1 amide bonds. The van der Waals surface area contributed by atoms with E-state index in [0.717, 1.165) is 11.3 Å². The van der Waals surface area contributed by atoms with Gasteiger partial charge in [-0.15, -0.1) is 16.4 Å². The number of ether oxygens (including phenoxy) is 1. The summed E-state index contributed by atoms with van der Waals surface area (Å²) in [5.41, 5.74) is 3.46. The molecule has 140 valence electrons. The maximum Gasteiger partial charge on any atom is 0.338 e. The first-order valence-corrected chi connectivity index (χ1v) is 9.35. The number of thiazole rings is 1. The van der Waals surface area contributed by atoms with Gasteiger partial charge >= 0.3 is 5.97 Å². The van der Waals surface area contributed by atoms with Crippen molar-refractivity contribution in [2.45, 2.75) is 6.92 Å². The summed E-state index contributed by atoms with van der Waals surface area (Å²) in [6.45, 7) is 2.03. The highest BCUT2D eigenvalue weighted by atomic mass is 32.1. The van der Waals surface area contributed by atoms with E-state index in [2.05, 4.69) is 15.4 Å². The smallest absolute Gasteiger partial charge is 0.338 e. The molecule has 0 aliphatic rings. The van der Waals surface area contributed by atoms with Crippen molar-refractivity contribution in [1.82, 2.24) is 14.6 Å². The zero-order chi connectivity index (χ0) is 19.7. The normalized spacial score (nSPS) is 10.8. The van der Waals surface area contributed by atoms with Crippen LogP contribution in [0, 0.1) is 6.92 Å². The molecule has 0 fully saturated rings. The Morgan fingerprint density at radius 2 is 1.79 bits per heavy atom. The first-order chi connectivity index (χ1) is 13.6. The lowest BCUT2D eigenvalue weighted by molar-refractivity contribution is 0.0597. The fourth-order valence-corrected chi connectivity index (χ4v) is 3.63. The third kappa shape index (κ3) is 3.25. The van der Waals surface area contributed by atoms with E-state index in [9.17, 15) is 9.59 Å². The third-order valence-electron chi connectivity index (χ3n) is 4.23. The van der Waals surface area contributed by atoms with E-state index in [4.69, 9.17) is 4.74 Å². The molecule has 28 heavy (non-hydrogen) atoms. The number of benzene rings is 2. The number of hydrogen-bond donors (Lipinski definition) is 1. The number of aryl methyl sites for hydroxylation is 1. The van der Waals surface area contributed by atoms with Gasteiger partial charge in [0.15, 0.2) is 0 Å². The molecule has 0 atom stereocenters. The lowest BCUT2D eigenvalue weighted by Crippen LogP contribution is -2.17. The summed E-state index contributed by atoms with van der Waals surface area (Å²) < 4.78 is 6.43. The van der Waals surface area contributed by atoms with Gasteiger partial charge < -0.3 is 4.74 Å². The van der Waals surface area contributed by atoms with Crippen molar-refractivity contribution in [2.75, 3.05) is 12.4 Å². The average Bonchev–Trinajstić information content (AvgIpc) is 3.28. The van der Waals surface area contributed by atoms with Gasteiger partial charge in [0.05, 0.1) is 23.9 Å². The second-order valence-corrected chi connectivity index (χ2v) is 6.94. The lowest BCUT2D eigenvalue weighted by Gasteiger charge is -2.06. The minimum absolute atomic E-state index is 0.171. The van der Waals surface area contributed by atoms with Crippen molar-refractivity contribution >= 4 is 34.1 Å². The summed E-state index contributed by atoms with van der Waals surface area (Å²) in [5, 5.41) is 9.03. The standard InChI is InChI=1S/C20H16N4O3S/c1-12-7-9-13(10-8-12)16-11-28-20-22-19(23-24(16)20)21-17(25)14-5-3-4-6-15(14)18(26)27-2/h3-11H,1-2H3,(H,21,23,25). The molecule has 0 saturated carbocycles. The van der Waals surface area contributed by atoms with E-state index in [-0.39, 0.29) is 17.1 Å². The molecule has 0 aliphatic heterocycles. The number of esters is 1. The fraction of sp³-hybridized carbons (Fsp3) is 0.100. The summed E-state index contributed by atoms with van der Waals surface area (Å²) in [6, 6.07) is 14.5. The molecule has 0 bridgehead atoms. The number of fused-ring (bicyclic) bond motifs is 1. The molecule has 0 radical (unpaired) electrons. The highest BCUT2D eigenvalue weighted by Gasteiger charge is 2.19. The Hall–Kier alpha value is -3.52. The monoisotopic (exact) mass is 392 g/mol. The largest absolute Gasteiger partial charge is 0.465 e. The number of amides is 1. The molecule has 2 heterocycles. The number of carbonyl (C=O) groups excluding carboxylic acids is 2. The van der Waals surface area contributed by atoms with Crippen LogP contribution in [0.5, 0.6) is 0 Å². The quantitative estimate of drug-likeness (QED) is 0.534. The summed E-state index contributed by atoms with van der Waals surface area (Å²) in [5.74, 6) is -0.882. The lowest BCUT2D eigenvalue weighted by atomic mass is 10.1. The Labute approximate surface area is 164 Å². The van der Waals surface area contributed by atoms with Crippen molar-refractivity contribution in [2.24, 2.45) is 0 Å². The second-order valence-electron chi connectivity index (χ2n) is 6.11. The molecule has 4 aromatic rings. The fourth-order valence-electron chi connectivity index (χ4n) is 2.79. The number of rotatable bonds is 4. The topological polar surface area (TPSA) is 85.6 Å². The molecule has 0 spiro atoms. The molecule has 2 aromatic carbocycles. The molecule has 7 nitrogen and oxygen atoms in total. The SMILES string of the molecule is COC(=O)c1ccccc1C(=O)Nc1nc2scc(-c3ccc(C)cc3)n2n1. The van der Waals surface area contributed by atoms with Crippen LogP contribution in [0.4, 0.5) is 5.95 Å². The van der Waals surface area contributed by atoms with E-state index < -0.39 is 11.9 Å². The number of carbonyl (C=O) groups is 2. The third-order valence-corrected chi connectivity index (χ3v) is 5.05. The van der Waals surface area contributed by atoms with E-state index in [1.54, 1.807) is 22.7 Å². The van der Waals surface area contributed by atoms with Gasteiger partial charge in [0.2, 0.25) is 4.96 Å². The second kappa shape index (κ2) is 7.24. The molecular formula is C20H16N4O3S. The van der Waals surface area contributed by atoms with Gasteiger partial charge in [-0.2, -0.15) is 4.98 Å². The number of nitrogens with zero attached hydrogens (tertiary/aromatic N) is 3. The van der Waals surface area contributed by atoms with E-state index in [1.807, 2.05) is 36.6 Å². The van der Waals surface area contributed by atoms with Crippen LogP contribution in [-0.2, 0) is 4.74 Å². The van der Waals surface area contributed by atoms with Crippen molar-refractivity contribution < 1.29 is 14.3 Å². The summed E-state index contributed by atoms with van der Waals surface area (Å²) in [4.78, 5) is 29.5. The van der Waals surface area contributed by atoms with Gasteiger partial charge in [0, 0.05) is 10.9 Å². The van der Waals surface area contributed by atoms with Crippen LogP contribution < -0.4 is 5.32 Å². The first-order valence-electron chi connectivity index (χ1n) is 8.47. The average molecular weight is 392 g/mol. The predicted octanol–water partition coefficient (Wildman–Crippen LogP) is 3.81. The first kappa shape index (κ1) is 17.9. The minimum atomic E-state index is -0.578. The highest BCUT2D eigenvalue weighted by molar-refractivity contribution is 7.15. The van der Waals surface area contributed by atoms with Crippen LogP contribution in [-0.4, -0.2) is 33.6 Å². The van der Waals surface area contributed by atoms with Crippen LogP contribution in [0.15, 0.2) is 53.9 Å². The van der Waals surface area contributed by atoms with Crippen LogP contribution >= 0.6 is 11.3 Å². The maximum atomic E-state index is 12.6. The Morgan fingerprint density at radius 3 is 2.50 bits per heavy atom. The van der Waals surface area contributed by atoms with Crippen LogP contribution in [0.1, 0.15) is 26.3 Å². The number of aromatic nitrogens is 3. The van der Waals surface area contributed by atoms with Crippen molar-refractivity contribution in [1.29, 1.82) is 0 Å². The molecule has 8 heteroatoms. The zero-order valence-corrected chi connectivity index (χ0v) is 16.0. The highest BCUT2D eigenvalue weighted by Crippen LogP contribution is 2.26. The Bertz CT molecular complexity index is 1180. The maximum absolute atomic E-state index is 12.6. The molecule has 0 unspecified atom stereocenters. The van der Waals surface area contributed by atoms with Crippen molar-refractivity contribution in [3.63, 3.8) is 0 Å². The van der Waals surface area contributed by atoms with E-state index in [0.29, 0.717) is 4.96 Å². The Balaban J connectivity index is 1.64. The van der Waals surface area contributed by atoms with E-state index >= 15 is 0 Å². The zero-order valence-electron chi connectivity index (χ0n) is 15.2. The predicted molar refractivity (Wildman–Crippen MR) is 107 cm³/mol. The molecule has 0 saturated heterocycles. The number of methoxy groups -OCH3 is 1. The Kier molecular flexibility index (Phi) is 4.62. The molecule has 2 aromatic heterocycles. The molecular weight excluding hydrogens is 376 g/mol. The van der Waals surface area contributed by atoms with Gasteiger partial charge in [-0.25, -0.2) is 9.31 Å². The summed E-state index contributed by atoms with van der Waals surface area (Å²) >= 11 is 1.43. The van der Waals surface area contributed by atoms with Crippen LogP contribution in [0.25, 0.3) is 16.2 Å². The van der Waals surface area contributed by atoms with Crippen molar-refractivity contribution in [3.8, 4) is 11.3 Å². The van der Waals surface area contributed by atoms with Gasteiger partial charge in [-0.1, -0.05) is 42.0 Å². The van der Waals surface area contributed by atoms with Crippen LogP contribution in [0.3, 0.4) is 0 Å². The number of anilines is 1. The Morgan fingerprint density at radius 1 is 1.07 bits per heavy atom. The van der Waals surface area contributed by atoms with Gasteiger partial charge in [0.1, 0.15) is 0 Å². The summed E-state index contributed by atoms with van der Waals surface area (Å²) in [7, 11) is 1.27. The molecule has 0 aliphatic carbocycles. The molecule has 4 rings (SSSR count). The van der Waals surface area contributed by atoms with Crippen molar-refractivity contribution in [3.05, 3.63) is 70.6 Å². The van der Waals surface area contributed by atoms with E-state index in [1.165, 1.54) is 30.1 Å². The van der Waals surface area contributed by atoms with Gasteiger partial charge in [-0.3, -0.25) is 10.1 Å². The van der Waals surface area contributed by atoms with Gasteiger partial charge in [0.25, 0.3) is 11.9 Å². The minimum Gasteiger partial charge on any atom is -0.465 e.